The molecule has 0 fully saturated rings. The van der Waals surface area contributed by atoms with E-state index in [0.29, 0.717) is 0 Å². The van der Waals surface area contributed by atoms with Crippen molar-refractivity contribution in [3.05, 3.63) is 0 Å². The van der Waals surface area contributed by atoms with Crippen molar-refractivity contribution in [1.29, 1.82) is 0 Å². The van der Waals surface area contributed by atoms with E-state index >= 15 is 0 Å². The molecule has 0 bridgehead atoms. The Labute approximate surface area is 65.8 Å². The Bertz CT molecular complexity index is 80.4. The molecule has 0 radical (unpaired) electrons. The molecule has 0 aliphatic carbocycles. The molecule has 0 unspecified atom stereocenters. The summed E-state index contributed by atoms with van der Waals surface area (Å²) in [5.74, 6) is 0. The van der Waals surface area contributed by atoms with Gasteiger partial charge in [-0.25, -0.2) is 4.79 Å². The Balaban J connectivity index is -0.0000000575. The van der Waals surface area contributed by atoms with E-state index in [9.17, 15) is 0 Å². The molecule has 5 nitrogen and oxygen atoms in total. The minimum atomic E-state index is -2.00. The van der Waals surface area contributed by atoms with E-state index in [2.05, 4.69) is 0 Å². The van der Waals surface area contributed by atoms with Gasteiger partial charge in [-0.2, -0.15) is 0 Å². The Hall–Kier alpha value is 0.182. The van der Waals surface area contributed by atoms with Crippen LogP contribution in [0, 0.1) is 0 Å². The quantitative estimate of drug-likeness (QED) is 0.446. The zero-order valence-electron chi connectivity index (χ0n) is 3.12. The average molecular weight is 150 g/mol. The van der Waals surface area contributed by atoms with Crippen molar-refractivity contribution < 1.29 is 40.7 Å². The summed E-state index contributed by atoms with van der Waals surface area (Å²) in [7, 11) is 0. The monoisotopic (exact) mass is 150 g/mol. The molecule has 0 aliphatic heterocycles. The van der Waals surface area contributed by atoms with Crippen molar-refractivity contribution in [2.45, 2.75) is 0 Å². The number of hydrogen-bond donors (Lipinski definition) is 2. The fourth-order valence-corrected chi connectivity index (χ4v) is 0. The van der Waals surface area contributed by atoms with E-state index in [1.54, 1.807) is 0 Å². The zero-order valence-corrected chi connectivity index (χ0v) is 4.68. The Morgan fingerprint density at radius 1 is 1.25 bits per heavy atom. The van der Waals surface area contributed by atoms with Gasteiger partial charge in [0.1, 0.15) is 0 Å². The molecule has 0 heterocycles. The van der Waals surface area contributed by atoms with Crippen LogP contribution in [0.3, 0.4) is 0 Å². The summed E-state index contributed by atoms with van der Waals surface area (Å²) in [6, 6.07) is 0. The molecule has 8 heavy (non-hydrogen) atoms. The van der Waals surface area contributed by atoms with Crippen molar-refractivity contribution in [3.63, 3.8) is 0 Å². The maximum atomic E-state index is 8.56. The SMILES string of the molecule is O=C(O)O.[LiH].[O]=[Ti]=[O]. The summed E-state index contributed by atoms with van der Waals surface area (Å²) >= 11 is -2.00. The van der Waals surface area contributed by atoms with Crippen LogP contribution in [-0.2, 0) is 25.7 Å². The Kier molecular flexibility index (Phi) is 30.8. The summed E-state index contributed by atoms with van der Waals surface area (Å²) in [4.78, 5) is 8.56. The molecule has 0 saturated carbocycles. The summed E-state index contributed by atoms with van der Waals surface area (Å²) in [5, 5.41) is 13.9. The van der Waals surface area contributed by atoms with Crippen LogP contribution in [0.15, 0.2) is 0 Å². The standard InChI is InChI=1S/CH2O3.Li.2O.Ti.H/c2-1(3)4;;;;;/h(H2,2,3,4);;;;;. The third kappa shape index (κ3) is 5030. The number of carboxylic acid groups (broad SMARTS) is 2. The topological polar surface area (TPSA) is 91.7 Å². The zero-order chi connectivity index (χ0) is 6.28. The van der Waals surface area contributed by atoms with Crippen LogP contribution in [0.1, 0.15) is 0 Å². The average Bonchev–Trinajstić information content (AvgIpc) is 1.33. The van der Waals surface area contributed by atoms with E-state index in [1.807, 2.05) is 0 Å². The summed E-state index contributed by atoms with van der Waals surface area (Å²) < 4.78 is 17.0. The number of carbonyl (C=O) groups is 1. The van der Waals surface area contributed by atoms with E-state index in [1.165, 1.54) is 0 Å². The number of rotatable bonds is 0. The van der Waals surface area contributed by atoms with Gasteiger partial charge in [0.15, 0.2) is 0 Å². The third-order valence-electron chi connectivity index (χ3n) is 0. The van der Waals surface area contributed by atoms with Gasteiger partial charge in [-0.3, -0.25) is 0 Å². The van der Waals surface area contributed by atoms with Crippen LogP contribution >= 0.6 is 0 Å². The van der Waals surface area contributed by atoms with Gasteiger partial charge < -0.3 is 10.2 Å². The van der Waals surface area contributed by atoms with Gasteiger partial charge >= 0.3 is 50.8 Å². The molecule has 0 amide bonds. The molecule has 0 atom stereocenters. The van der Waals surface area contributed by atoms with Gasteiger partial charge in [0.2, 0.25) is 0 Å². The molecule has 7 heteroatoms. The molecule has 0 spiro atoms. The second kappa shape index (κ2) is 15.7. The fraction of sp³-hybridized carbons (Fsp3) is 0. The first kappa shape index (κ1) is 15.7. The van der Waals surface area contributed by atoms with Crippen LogP contribution < -0.4 is 0 Å². The van der Waals surface area contributed by atoms with Crippen molar-refractivity contribution in [2.24, 2.45) is 0 Å². The third-order valence-corrected chi connectivity index (χ3v) is 0. The molecular formula is CH3LiO5Ti. The predicted molar refractivity (Wildman–Crippen MR) is 19.2 cm³/mol. The summed E-state index contributed by atoms with van der Waals surface area (Å²) in [6.45, 7) is 0. The molecule has 0 aromatic heterocycles. The molecule has 0 aliphatic rings. The first-order valence-corrected chi connectivity index (χ1v) is 2.33. The van der Waals surface area contributed by atoms with E-state index in [0.717, 1.165) is 0 Å². The minimum absolute atomic E-state index is 0. The second-order valence-electron chi connectivity index (χ2n) is 0.366. The van der Waals surface area contributed by atoms with Crippen LogP contribution in [0.5, 0.6) is 0 Å². The van der Waals surface area contributed by atoms with Crippen LogP contribution in [0.4, 0.5) is 4.79 Å². The van der Waals surface area contributed by atoms with Gasteiger partial charge in [0.05, 0.1) is 0 Å². The van der Waals surface area contributed by atoms with Gasteiger partial charge in [0, 0.05) is 0 Å². The van der Waals surface area contributed by atoms with Crippen molar-refractivity contribution in [1.82, 2.24) is 0 Å². The first-order valence-electron chi connectivity index (χ1n) is 1.06. The van der Waals surface area contributed by atoms with Crippen LogP contribution in [0.2, 0.25) is 0 Å². The predicted octanol–water partition coefficient (Wildman–Crippen LogP) is -0.666. The summed E-state index contributed by atoms with van der Waals surface area (Å²) in [6.07, 6.45) is -1.83. The first-order chi connectivity index (χ1) is 3.15. The van der Waals surface area contributed by atoms with E-state index in [4.69, 9.17) is 21.7 Å². The van der Waals surface area contributed by atoms with E-state index in [-0.39, 0.29) is 18.9 Å². The van der Waals surface area contributed by atoms with E-state index < -0.39 is 25.2 Å². The Morgan fingerprint density at radius 2 is 1.25 bits per heavy atom. The van der Waals surface area contributed by atoms with Gasteiger partial charge in [-0.1, -0.05) is 0 Å². The summed E-state index contributed by atoms with van der Waals surface area (Å²) in [5.41, 5.74) is 0. The normalized spacial score (nSPS) is 4.00. The maximum absolute atomic E-state index is 8.56. The molecular weight excluding hydrogens is 147 g/mol. The molecule has 0 saturated heterocycles. The van der Waals surface area contributed by atoms with Gasteiger partial charge in [-0.15, -0.1) is 0 Å². The van der Waals surface area contributed by atoms with Gasteiger partial charge in [0.25, 0.3) is 0 Å². The fourth-order valence-electron chi connectivity index (χ4n) is 0. The Morgan fingerprint density at radius 3 is 1.25 bits per heavy atom. The van der Waals surface area contributed by atoms with Crippen LogP contribution in [0.25, 0.3) is 0 Å². The second-order valence-corrected chi connectivity index (χ2v) is 0.626. The molecule has 0 aromatic rings. The van der Waals surface area contributed by atoms with Crippen LogP contribution in [-0.4, -0.2) is 35.2 Å². The molecule has 2 N–H and O–H groups in total. The van der Waals surface area contributed by atoms with Crippen molar-refractivity contribution in [3.8, 4) is 0 Å². The number of hydrogen-bond acceptors (Lipinski definition) is 3. The molecule has 42 valence electrons. The van der Waals surface area contributed by atoms with Crippen molar-refractivity contribution >= 4 is 25.0 Å². The molecule has 0 rings (SSSR count). The van der Waals surface area contributed by atoms with Gasteiger partial charge in [-0.05, 0) is 0 Å². The molecule has 0 aromatic carbocycles. The van der Waals surface area contributed by atoms with Crippen molar-refractivity contribution in [2.75, 3.05) is 0 Å².